The van der Waals surface area contributed by atoms with Gasteiger partial charge >= 0.3 is 0 Å². The second-order valence-corrected chi connectivity index (χ2v) is 7.72. The molecule has 0 aliphatic carbocycles. The van der Waals surface area contributed by atoms with Crippen molar-refractivity contribution in [2.45, 2.75) is 31.4 Å². The van der Waals surface area contributed by atoms with Gasteiger partial charge in [-0.2, -0.15) is 0 Å². The van der Waals surface area contributed by atoms with Gasteiger partial charge in [-0.3, -0.25) is 0 Å². The maximum Gasteiger partial charge on any atom is 0.238 e. The average molecular weight is 536 g/mol. The fourth-order valence-corrected chi connectivity index (χ4v) is 2.97. The van der Waals surface area contributed by atoms with Gasteiger partial charge in [-0.25, -0.2) is 22.9 Å². The van der Waals surface area contributed by atoms with E-state index < -0.39 is 10.0 Å². The van der Waals surface area contributed by atoms with E-state index in [9.17, 15) is 12.8 Å². The number of ether oxygens (including phenoxy) is 1. The minimum Gasteiger partial charge on any atom is -0.489 e. The fourth-order valence-electron chi connectivity index (χ4n) is 2.39. The van der Waals surface area contributed by atoms with Crippen molar-refractivity contribution in [3.8, 4) is 5.75 Å². The average Bonchev–Trinajstić information content (AvgIpc) is 2.63. The van der Waals surface area contributed by atoms with Gasteiger partial charge in [-0.05, 0) is 43.7 Å². The van der Waals surface area contributed by atoms with Crippen LogP contribution in [0.2, 0.25) is 0 Å². The molecule has 0 aliphatic heterocycles. The molecule has 0 bridgehead atoms. The summed E-state index contributed by atoms with van der Waals surface area (Å²) in [7, 11) is -3.75. The van der Waals surface area contributed by atoms with Crippen molar-refractivity contribution in [1.29, 1.82) is 0 Å². The Hall–Kier alpha value is -1.92. The molecule has 29 heavy (non-hydrogen) atoms. The highest BCUT2D eigenvalue weighted by Crippen LogP contribution is 2.13. The van der Waals surface area contributed by atoms with E-state index in [4.69, 9.17) is 9.88 Å². The fraction of sp³-hybridized carbons (Fsp3) is 0.316. The van der Waals surface area contributed by atoms with Crippen molar-refractivity contribution >= 4 is 40.0 Å². The Morgan fingerprint density at radius 2 is 1.93 bits per heavy atom. The number of hydrogen-bond acceptors (Lipinski definition) is 4. The van der Waals surface area contributed by atoms with Gasteiger partial charge in [0, 0.05) is 12.6 Å². The van der Waals surface area contributed by atoms with Crippen LogP contribution in [0.4, 0.5) is 4.39 Å². The van der Waals surface area contributed by atoms with Crippen LogP contribution in [0.5, 0.6) is 5.75 Å². The number of halogens is 2. The SMILES string of the molecule is CCNC(=NCc1cccc(S(N)(=O)=O)c1)NCC(C)Oc1cccc(F)c1.I. The van der Waals surface area contributed by atoms with Gasteiger partial charge in [0.1, 0.15) is 17.7 Å². The van der Waals surface area contributed by atoms with E-state index in [1.807, 2.05) is 13.8 Å². The number of benzene rings is 2. The number of hydrogen-bond donors (Lipinski definition) is 3. The standard InChI is InChI=1S/C19H25FN4O3S.HI/c1-3-22-19(23-12-14(2)27-17-8-5-7-16(20)11-17)24-13-15-6-4-9-18(10-15)28(21,25)26;/h4-11,14H,3,12-13H2,1-2H3,(H2,21,25,26)(H2,22,23,24);1H. The first-order valence-electron chi connectivity index (χ1n) is 8.84. The highest BCUT2D eigenvalue weighted by molar-refractivity contribution is 14.0. The first kappa shape index (κ1) is 25.1. The topological polar surface area (TPSA) is 106 Å². The summed E-state index contributed by atoms with van der Waals surface area (Å²) in [5.41, 5.74) is 0.716. The molecular weight excluding hydrogens is 510 g/mol. The minimum absolute atomic E-state index is 0. The maximum atomic E-state index is 13.2. The van der Waals surface area contributed by atoms with E-state index in [0.717, 1.165) is 0 Å². The van der Waals surface area contributed by atoms with E-state index >= 15 is 0 Å². The summed E-state index contributed by atoms with van der Waals surface area (Å²) >= 11 is 0. The minimum atomic E-state index is -3.75. The Bertz CT molecular complexity index is 925. The summed E-state index contributed by atoms with van der Waals surface area (Å²) in [4.78, 5) is 4.49. The Kier molecular flexibility index (Phi) is 10.3. The lowest BCUT2D eigenvalue weighted by molar-refractivity contribution is 0.223. The van der Waals surface area contributed by atoms with Crippen molar-refractivity contribution in [3.05, 3.63) is 59.9 Å². The largest absolute Gasteiger partial charge is 0.489 e. The number of nitrogens with two attached hydrogens (primary N) is 1. The molecule has 160 valence electrons. The number of rotatable bonds is 8. The zero-order valence-corrected chi connectivity index (χ0v) is 19.4. The molecule has 10 heteroatoms. The summed E-state index contributed by atoms with van der Waals surface area (Å²) in [6, 6.07) is 12.3. The summed E-state index contributed by atoms with van der Waals surface area (Å²) in [5.74, 6) is 0.656. The maximum absolute atomic E-state index is 13.2. The highest BCUT2D eigenvalue weighted by atomic mass is 127. The molecule has 1 unspecified atom stereocenters. The van der Waals surface area contributed by atoms with Gasteiger partial charge in [0.15, 0.2) is 5.96 Å². The number of nitrogens with zero attached hydrogens (tertiary/aromatic N) is 1. The van der Waals surface area contributed by atoms with E-state index in [2.05, 4.69) is 15.6 Å². The predicted molar refractivity (Wildman–Crippen MR) is 123 cm³/mol. The molecule has 0 aromatic heterocycles. The van der Waals surface area contributed by atoms with Crippen LogP contribution in [0.1, 0.15) is 19.4 Å². The van der Waals surface area contributed by atoms with E-state index in [1.54, 1.807) is 24.3 Å². The number of guanidine groups is 1. The van der Waals surface area contributed by atoms with Crippen LogP contribution in [-0.2, 0) is 16.6 Å². The van der Waals surface area contributed by atoms with Crippen LogP contribution < -0.4 is 20.5 Å². The zero-order chi connectivity index (χ0) is 20.6. The van der Waals surface area contributed by atoms with Crippen LogP contribution in [-0.4, -0.2) is 33.6 Å². The normalized spacial score (nSPS) is 12.6. The molecule has 7 nitrogen and oxygen atoms in total. The molecule has 0 aliphatic rings. The van der Waals surface area contributed by atoms with Crippen LogP contribution >= 0.6 is 24.0 Å². The Morgan fingerprint density at radius 1 is 1.21 bits per heavy atom. The van der Waals surface area contributed by atoms with Crippen molar-refractivity contribution in [1.82, 2.24) is 10.6 Å². The summed E-state index contributed by atoms with van der Waals surface area (Å²) < 4.78 is 41.8. The lowest BCUT2D eigenvalue weighted by Gasteiger charge is -2.17. The smallest absolute Gasteiger partial charge is 0.238 e. The Morgan fingerprint density at radius 3 is 2.59 bits per heavy atom. The first-order valence-corrected chi connectivity index (χ1v) is 10.4. The van der Waals surface area contributed by atoms with Crippen LogP contribution in [0.15, 0.2) is 58.4 Å². The molecule has 0 heterocycles. The third kappa shape index (κ3) is 8.96. The highest BCUT2D eigenvalue weighted by Gasteiger charge is 2.09. The number of aliphatic imine (C=N–C) groups is 1. The molecule has 0 fully saturated rings. The van der Waals surface area contributed by atoms with Gasteiger partial charge < -0.3 is 15.4 Å². The second-order valence-electron chi connectivity index (χ2n) is 6.15. The quantitative estimate of drug-likeness (QED) is 0.273. The van der Waals surface area contributed by atoms with Crippen LogP contribution in [0.3, 0.4) is 0 Å². The second kappa shape index (κ2) is 11.9. The number of sulfonamides is 1. The van der Waals surface area contributed by atoms with Crippen molar-refractivity contribution < 1.29 is 17.5 Å². The third-order valence-corrected chi connectivity index (χ3v) is 4.59. The van der Waals surface area contributed by atoms with E-state index in [-0.39, 0.29) is 47.3 Å². The molecule has 0 saturated carbocycles. The lowest BCUT2D eigenvalue weighted by atomic mass is 10.2. The summed E-state index contributed by atoms with van der Waals surface area (Å²) in [6.45, 7) is 5.17. The molecule has 4 N–H and O–H groups in total. The molecule has 0 saturated heterocycles. The summed E-state index contributed by atoms with van der Waals surface area (Å²) in [6.07, 6.45) is -0.226. The molecule has 0 spiro atoms. The van der Waals surface area contributed by atoms with Gasteiger partial charge in [0.2, 0.25) is 10.0 Å². The summed E-state index contributed by atoms with van der Waals surface area (Å²) in [5, 5.41) is 11.4. The number of nitrogens with one attached hydrogen (secondary N) is 2. The lowest BCUT2D eigenvalue weighted by Crippen LogP contribution is -2.41. The molecule has 1 atom stereocenters. The van der Waals surface area contributed by atoms with E-state index in [1.165, 1.54) is 24.3 Å². The van der Waals surface area contributed by atoms with Crippen LogP contribution in [0.25, 0.3) is 0 Å². The zero-order valence-electron chi connectivity index (χ0n) is 16.3. The molecule has 0 amide bonds. The van der Waals surface area contributed by atoms with Crippen molar-refractivity contribution in [2.24, 2.45) is 10.1 Å². The third-order valence-electron chi connectivity index (χ3n) is 3.68. The predicted octanol–water partition coefficient (Wildman–Crippen LogP) is 2.61. The molecule has 2 aromatic rings. The molecule has 2 aromatic carbocycles. The van der Waals surface area contributed by atoms with Gasteiger partial charge in [-0.1, -0.05) is 18.2 Å². The molecule has 2 rings (SSSR count). The van der Waals surface area contributed by atoms with Gasteiger partial charge in [-0.15, -0.1) is 24.0 Å². The number of primary sulfonamides is 1. The monoisotopic (exact) mass is 536 g/mol. The van der Waals surface area contributed by atoms with Gasteiger partial charge in [0.25, 0.3) is 0 Å². The molecule has 0 radical (unpaired) electrons. The van der Waals surface area contributed by atoms with E-state index in [0.29, 0.717) is 30.4 Å². The van der Waals surface area contributed by atoms with Gasteiger partial charge in [0.05, 0.1) is 18.0 Å². The Labute approximate surface area is 188 Å². The van der Waals surface area contributed by atoms with Crippen LogP contribution in [0, 0.1) is 5.82 Å². The Balaban J connectivity index is 0.00000420. The first-order chi connectivity index (χ1) is 13.3. The molecular formula is C19H26FIN4O3S. The van der Waals surface area contributed by atoms with Crippen molar-refractivity contribution in [3.63, 3.8) is 0 Å². The van der Waals surface area contributed by atoms with Crippen molar-refractivity contribution in [2.75, 3.05) is 13.1 Å².